The summed E-state index contributed by atoms with van der Waals surface area (Å²) in [6, 6.07) is 0. The van der Waals surface area contributed by atoms with Crippen LogP contribution in [-0.2, 0) is 52.4 Å². The van der Waals surface area contributed by atoms with E-state index in [2.05, 4.69) is 318 Å². The van der Waals surface area contributed by atoms with Gasteiger partial charge in [-0.2, -0.15) is 36.5 Å². The fourth-order valence-corrected chi connectivity index (χ4v) is 19.0. The van der Waals surface area contributed by atoms with Crippen molar-refractivity contribution in [3.05, 3.63) is 120 Å². The number of thiazole rings is 8. The van der Waals surface area contributed by atoms with Crippen LogP contribution in [0.15, 0.2) is 74.4 Å². The standard InChI is InChI=1S/8C6H9BrNS.4BFO2/c8*1-3-8-5(2)4-9-6(8)7;4*2-1(3)4/h8*4H,3H2,1-2H3;;;;/q8*+1;4*-2. The van der Waals surface area contributed by atoms with E-state index in [0.29, 0.717) is 0 Å². The van der Waals surface area contributed by atoms with Gasteiger partial charge in [-0.3, -0.25) is 0 Å². The minimum atomic E-state index is -3.17. The molecule has 0 atom stereocenters. The normalized spacial score (nSPS) is 9.50. The summed E-state index contributed by atoms with van der Waals surface area (Å²) >= 11 is 41.6. The molecule has 0 bridgehead atoms. The van der Waals surface area contributed by atoms with Gasteiger partial charge >= 0.3 is 31.3 Å². The molecule has 8 rings (SSSR count). The third-order valence-electron chi connectivity index (χ3n) is 10.2. The lowest BCUT2D eigenvalue weighted by atomic mass is 10.3. The lowest BCUT2D eigenvalue weighted by Crippen LogP contribution is -2.39. The van der Waals surface area contributed by atoms with Crippen molar-refractivity contribution in [3.63, 3.8) is 0 Å². The molecule has 0 unspecified atom stereocenters. The van der Waals surface area contributed by atoms with Crippen molar-refractivity contribution in [1.29, 1.82) is 0 Å². The Labute approximate surface area is 617 Å². The van der Waals surface area contributed by atoms with Crippen LogP contribution in [0, 0.1) is 55.4 Å². The smallest absolute Gasteiger partial charge is 0.304 e. The molecule has 0 aliphatic heterocycles. The number of halogens is 12. The average Bonchev–Trinajstić information content (AvgIpc) is 4.38. The summed E-state index contributed by atoms with van der Waals surface area (Å²) in [6.45, 7) is 42.5. The first-order valence-corrected chi connectivity index (χ1v) is 39.2. The summed E-state index contributed by atoms with van der Waals surface area (Å²) in [6.07, 6.45) is 0. The number of aromatic nitrogens is 8. The van der Waals surface area contributed by atoms with Crippen LogP contribution in [0.4, 0.5) is 17.3 Å². The third-order valence-corrected chi connectivity index (χ3v) is 25.1. The summed E-state index contributed by atoms with van der Waals surface area (Å²) < 4.78 is 67.1. The number of nitrogens with zero attached hydrogens (tertiary/aromatic N) is 8. The molecule has 8 aromatic rings. The third kappa shape index (κ3) is 43.6. The average molecular weight is 1900 g/mol. The monoisotopic (exact) mass is 1900 g/mol. The summed E-state index contributed by atoms with van der Waals surface area (Å²) in [4.78, 5) is 0. The topological polar surface area (TPSA) is 216 Å². The van der Waals surface area contributed by atoms with Gasteiger partial charge in [0.25, 0.3) is 0 Å². The first kappa shape index (κ1) is 94.9. The molecule has 0 aliphatic carbocycles. The molecule has 88 heavy (non-hydrogen) atoms. The Hall–Kier alpha value is 0.540. The van der Waals surface area contributed by atoms with Crippen molar-refractivity contribution in [2.75, 3.05) is 0 Å². The van der Waals surface area contributed by atoms with E-state index in [0.717, 1.165) is 52.4 Å². The first-order chi connectivity index (χ1) is 41.0. The Kier molecular flexibility index (Phi) is 60.0. The number of hydrogen-bond acceptors (Lipinski definition) is 16. The van der Waals surface area contributed by atoms with E-state index in [1.165, 1.54) is 76.9 Å². The fraction of sp³-hybridized carbons (Fsp3) is 0.500. The Balaban J connectivity index is -0.000000443. The second-order valence-corrected chi connectivity index (χ2v) is 33.2. The van der Waals surface area contributed by atoms with E-state index in [1.54, 1.807) is 90.7 Å². The van der Waals surface area contributed by atoms with E-state index in [4.69, 9.17) is 40.2 Å². The van der Waals surface area contributed by atoms with Crippen LogP contribution < -0.4 is 76.7 Å². The lowest BCUT2D eigenvalue weighted by molar-refractivity contribution is -0.704. The van der Waals surface area contributed by atoms with Gasteiger partial charge in [-0.1, -0.05) is 90.7 Å². The van der Waals surface area contributed by atoms with Crippen LogP contribution in [0.2, 0.25) is 0 Å². The van der Waals surface area contributed by atoms with Crippen molar-refractivity contribution >= 4 is 248 Å². The van der Waals surface area contributed by atoms with Crippen LogP contribution in [-0.4, -0.2) is 29.6 Å². The molecule has 0 saturated carbocycles. The highest BCUT2D eigenvalue weighted by atomic mass is 79.9. The Morgan fingerprint density at radius 3 is 0.341 bits per heavy atom. The maximum absolute atomic E-state index is 9.89. The minimum Gasteiger partial charge on any atom is -0.867 e. The van der Waals surface area contributed by atoms with Crippen LogP contribution in [0.5, 0.6) is 0 Å². The maximum atomic E-state index is 9.89. The minimum absolute atomic E-state index is 1.05. The zero-order chi connectivity index (χ0) is 69.1. The lowest BCUT2D eigenvalue weighted by Gasteiger charge is -2.09. The molecular formula is C48H72B4Br8F4N8O8S8. The van der Waals surface area contributed by atoms with E-state index in [1.807, 2.05) is 0 Å². The SMILES string of the molecule is CC[n+]1c(C)csc1Br.CC[n+]1c(C)csc1Br.CC[n+]1c(C)csc1Br.CC[n+]1c(C)csc1Br.CC[n+]1c(C)csc1Br.CC[n+]1c(C)csc1Br.CC[n+]1c(C)csc1Br.CC[n+]1c(C)csc1Br.[O-]B([O-])F.[O-]B([O-])F.[O-]B([O-])F.[O-]B([O-])F. The van der Waals surface area contributed by atoms with Gasteiger partial charge in [0.1, 0.15) is 81.9 Å². The summed E-state index contributed by atoms with van der Waals surface area (Å²) in [5.41, 5.74) is 10.6. The van der Waals surface area contributed by atoms with Crippen molar-refractivity contribution < 1.29 is 94.0 Å². The van der Waals surface area contributed by atoms with Gasteiger partial charge in [-0.15, -0.1) is 0 Å². The Bertz CT molecular complexity index is 2310. The number of aryl methyl sites for hydroxylation is 8. The summed E-state index contributed by atoms with van der Waals surface area (Å²) in [7, 11) is -12.7. The Morgan fingerprint density at radius 2 is 0.318 bits per heavy atom. The van der Waals surface area contributed by atoms with Gasteiger partial charge in [0.05, 0.1) is 43.0 Å². The molecule has 0 aliphatic rings. The zero-order valence-corrected chi connectivity index (χ0v) is 70.5. The van der Waals surface area contributed by atoms with Gasteiger partial charge in [-0.25, -0.2) is 0 Å². The van der Waals surface area contributed by atoms with E-state index in [9.17, 15) is 17.3 Å². The molecule has 40 heteroatoms. The van der Waals surface area contributed by atoms with Gasteiger partial charge < -0.3 is 57.5 Å². The van der Waals surface area contributed by atoms with Crippen LogP contribution in [0.1, 0.15) is 101 Å². The molecule has 0 N–H and O–H groups in total. The molecule has 0 radical (unpaired) electrons. The molecule has 16 nitrogen and oxygen atoms in total. The van der Waals surface area contributed by atoms with E-state index in [-0.39, 0.29) is 0 Å². The highest BCUT2D eigenvalue weighted by Gasteiger charge is 2.16. The highest BCUT2D eigenvalue weighted by molar-refractivity contribution is 9.12. The molecule has 0 amide bonds. The van der Waals surface area contributed by atoms with Gasteiger partial charge in [-0.05, 0) is 55.4 Å². The zero-order valence-electron chi connectivity index (χ0n) is 51.2. The number of hydrogen-bond donors (Lipinski definition) is 0. The van der Waals surface area contributed by atoms with Crippen molar-refractivity contribution in [2.24, 2.45) is 0 Å². The predicted molar refractivity (Wildman–Crippen MR) is 368 cm³/mol. The van der Waals surface area contributed by atoms with Crippen molar-refractivity contribution in [2.45, 2.75) is 163 Å². The summed E-state index contributed by atoms with van der Waals surface area (Å²) in [5.74, 6) is 0. The predicted octanol–water partition coefficient (Wildman–Crippen LogP) is 7.66. The maximum Gasteiger partial charge on any atom is 0.304 e. The van der Waals surface area contributed by atoms with Crippen molar-refractivity contribution in [1.82, 2.24) is 0 Å². The van der Waals surface area contributed by atoms with E-state index >= 15 is 0 Å². The molecule has 0 aromatic carbocycles. The van der Waals surface area contributed by atoms with Crippen LogP contribution in [0.3, 0.4) is 0 Å². The van der Waals surface area contributed by atoms with E-state index < -0.39 is 29.6 Å². The van der Waals surface area contributed by atoms with Crippen LogP contribution >= 0.6 is 218 Å². The molecular weight excluding hydrogens is 1830 g/mol. The second kappa shape index (κ2) is 55.6. The molecule has 0 saturated heterocycles. The Morgan fingerprint density at radius 1 is 0.250 bits per heavy atom. The number of rotatable bonds is 8. The van der Waals surface area contributed by atoms with Crippen molar-refractivity contribution in [3.8, 4) is 0 Å². The van der Waals surface area contributed by atoms with Crippen LogP contribution in [0.25, 0.3) is 0 Å². The molecule has 0 spiro atoms. The summed E-state index contributed by atoms with van der Waals surface area (Å²) in [5, 5.41) is 83.6. The highest BCUT2D eigenvalue weighted by Crippen LogP contribution is 2.18. The second-order valence-electron chi connectivity index (χ2n) is 16.1. The molecule has 496 valence electrons. The largest absolute Gasteiger partial charge is 0.867 e. The first-order valence-electron chi connectivity index (χ1n) is 25.9. The molecule has 8 aromatic heterocycles. The quantitative estimate of drug-likeness (QED) is 0.0834. The molecule has 0 fully saturated rings. The van der Waals surface area contributed by atoms with Gasteiger partial charge in [0.2, 0.25) is 0 Å². The van der Waals surface area contributed by atoms with Gasteiger partial charge in [0, 0.05) is 183 Å². The van der Waals surface area contributed by atoms with Gasteiger partial charge in [0.15, 0.2) is 45.6 Å². The molecule has 8 heterocycles. The fourth-order valence-electron chi connectivity index (χ4n) is 6.19.